The largest absolute Gasteiger partial charge is 0.481 e. The van der Waals surface area contributed by atoms with Crippen molar-refractivity contribution in [2.24, 2.45) is 17.8 Å². The van der Waals surface area contributed by atoms with Crippen molar-refractivity contribution in [3.63, 3.8) is 0 Å². The van der Waals surface area contributed by atoms with Gasteiger partial charge >= 0.3 is 11.9 Å². The highest BCUT2D eigenvalue weighted by Gasteiger charge is 2.47. The van der Waals surface area contributed by atoms with Crippen LogP contribution in [0.4, 0.5) is 0 Å². The number of carbonyl (C=O) groups is 2. The molecule has 4 fully saturated rings. The van der Waals surface area contributed by atoms with Crippen molar-refractivity contribution in [1.82, 2.24) is 0 Å². The van der Waals surface area contributed by atoms with E-state index in [0.717, 1.165) is 24.8 Å². The standard InChI is InChI=1S/C53H76O15/c1-32(17-14-15-23-47(56)57)27-33(2)52-43-26-25-36(63-52)18-10-6-5-7-11-19-37(64-53-51(61)50(60)49(59)46(31-54)68-53)28-38-29-39(55)34(3)40(62-38)21-16-22-41-35(4)44-30-45(65-41)42(66-44)20-12-8-9-13-24-48(58)67-43/h6,8-13,16,19-20,22,24-27,32,34-46,49-55,59-61H,5,7,14-15,17-18,21,23,28-31H2,1-4H3,(H,56,57)/b9-8-,10-6+,19-11+,20-12+,22-16+,24-13-,33-27+/t32-,34-,35+,36+,37+,38+,39+,40-,41+,42-,43+,44-,45-,46-,49-,50+,51-,52+,53-/m1/s1. The Labute approximate surface area is 401 Å². The summed E-state index contributed by atoms with van der Waals surface area (Å²) < 4.78 is 44.1. The SMILES string of the molecule is C/C(=C\[C@H](C)CCCCC(=O)O)[C@@H]1O[C@@H]2C=C[C@@H]1OC(=O)\C=C/C=C\C=C\[C@H]1O[C@@H]3C[C@H]1O[C@@H](/C=C/C[C@H]1O[C@@H](C[C@@H](O[C@@H]4O[C@H](CO)[C@@H](O)[C@H](O)[C@H]4O)/C=C/CC/C=C/C2)C[C@H](O)[C@H]1C)[C@@H]3C. The van der Waals surface area contributed by atoms with E-state index in [1.807, 2.05) is 62.5 Å². The van der Waals surface area contributed by atoms with Crippen LogP contribution in [0.15, 0.2) is 96.7 Å². The Kier molecular flexibility index (Phi) is 21.0. The first kappa shape index (κ1) is 53.8. The van der Waals surface area contributed by atoms with Crippen molar-refractivity contribution in [3.05, 3.63) is 96.7 Å². The molecule has 7 bridgehead atoms. The highest BCUT2D eigenvalue weighted by molar-refractivity contribution is 5.82. The van der Waals surface area contributed by atoms with Crippen molar-refractivity contribution in [2.75, 3.05) is 6.61 Å². The molecule has 68 heavy (non-hydrogen) atoms. The third kappa shape index (κ3) is 15.5. The molecule has 0 aromatic rings. The molecule has 0 aromatic heterocycles. The highest BCUT2D eigenvalue weighted by Crippen LogP contribution is 2.39. The van der Waals surface area contributed by atoms with Crippen LogP contribution in [0.2, 0.25) is 0 Å². The molecule has 7 rings (SSSR count). The lowest BCUT2D eigenvalue weighted by Gasteiger charge is -2.42. The number of ether oxygens (including phenoxy) is 7. The van der Waals surface area contributed by atoms with Crippen LogP contribution in [0.1, 0.15) is 98.3 Å². The van der Waals surface area contributed by atoms with Gasteiger partial charge in [0.05, 0.1) is 55.4 Å². The Morgan fingerprint density at radius 3 is 2.32 bits per heavy atom. The molecule has 7 aliphatic rings. The summed E-state index contributed by atoms with van der Waals surface area (Å²) in [4.78, 5) is 24.1. The molecule has 0 aliphatic carbocycles. The normalized spacial score (nSPS) is 43.1. The first-order valence-electron chi connectivity index (χ1n) is 24.7. The lowest BCUT2D eigenvalue weighted by Crippen LogP contribution is -2.59. The van der Waals surface area contributed by atoms with Gasteiger partial charge in [-0.1, -0.05) is 106 Å². The van der Waals surface area contributed by atoms with Crippen LogP contribution in [0.5, 0.6) is 0 Å². The second-order valence-corrected chi connectivity index (χ2v) is 19.4. The van der Waals surface area contributed by atoms with E-state index < -0.39 is 79.8 Å². The van der Waals surface area contributed by atoms with Crippen LogP contribution >= 0.6 is 0 Å². The molecule has 7 heterocycles. The summed E-state index contributed by atoms with van der Waals surface area (Å²) in [6.07, 6.45) is 23.5. The molecule has 0 radical (unpaired) electrons. The van der Waals surface area contributed by atoms with Gasteiger partial charge in [0.2, 0.25) is 0 Å². The minimum Gasteiger partial charge on any atom is -0.481 e. The summed E-state index contributed by atoms with van der Waals surface area (Å²) in [5, 5.41) is 61.9. The molecule has 378 valence electrons. The molecule has 4 saturated heterocycles. The Bertz CT molecular complexity index is 1850. The molecule has 7 aliphatic heterocycles. The summed E-state index contributed by atoms with van der Waals surface area (Å²) in [6, 6.07) is 0. The number of carboxylic acids is 1. The smallest absolute Gasteiger partial charge is 0.331 e. The van der Waals surface area contributed by atoms with E-state index in [0.29, 0.717) is 44.9 Å². The minimum absolute atomic E-state index is 0.0221. The third-order valence-electron chi connectivity index (χ3n) is 13.9. The number of fused-ring (bicyclic) bond motifs is 13. The van der Waals surface area contributed by atoms with Crippen LogP contribution in [0, 0.1) is 17.8 Å². The first-order chi connectivity index (χ1) is 32.7. The number of rotatable bonds is 10. The monoisotopic (exact) mass is 953 g/mol. The third-order valence-corrected chi connectivity index (χ3v) is 13.9. The second-order valence-electron chi connectivity index (χ2n) is 19.4. The van der Waals surface area contributed by atoms with E-state index in [9.17, 15) is 35.1 Å². The number of hydrogen-bond acceptors (Lipinski definition) is 14. The predicted octanol–water partition coefficient (Wildman–Crippen LogP) is 5.65. The molecular weight excluding hydrogens is 877 g/mol. The summed E-state index contributed by atoms with van der Waals surface area (Å²) in [6.45, 7) is 7.57. The van der Waals surface area contributed by atoms with E-state index in [1.54, 1.807) is 12.2 Å². The van der Waals surface area contributed by atoms with Crippen molar-refractivity contribution in [3.8, 4) is 0 Å². The maximum Gasteiger partial charge on any atom is 0.331 e. The average Bonchev–Trinajstić information content (AvgIpc) is 3.66. The molecule has 15 heteroatoms. The van der Waals surface area contributed by atoms with Gasteiger partial charge < -0.3 is 63.8 Å². The number of hydrogen-bond donors (Lipinski definition) is 6. The number of aliphatic hydroxyl groups is 5. The fraction of sp³-hybridized carbons (Fsp3) is 0.660. The van der Waals surface area contributed by atoms with Gasteiger partial charge in [0.15, 0.2) is 12.4 Å². The van der Waals surface area contributed by atoms with Gasteiger partial charge in [-0.3, -0.25) is 4.79 Å². The van der Waals surface area contributed by atoms with Crippen molar-refractivity contribution in [2.45, 2.75) is 196 Å². The zero-order valence-corrected chi connectivity index (χ0v) is 40.0. The maximum absolute atomic E-state index is 13.1. The summed E-state index contributed by atoms with van der Waals surface area (Å²) >= 11 is 0. The summed E-state index contributed by atoms with van der Waals surface area (Å²) in [7, 11) is 0. The number of esters is 1. The van der Waals surface area contributed by atoms with Crippen molar-refractivity contribution in [1.29, 1.82) is 0 Å². The molecule has 0 aromatic carbocycles. The van der Waals surface area contributed by atoms with Gasteiger partial charge in [-0.05, 0) is 69.4 Å². The molecule has 0 unspecified atom stereocenters. The predicted molar refractivity (Wildman–Crippen MR) is 253 cm³/mol. The van der Waals surface area contributed by atoms with Crippen LogP contribution in [-0.4, -0.2) is 147 Å². The van der Waals surface area contributed by atoms with Gasteiger partial charge in [0.1, 0.15) is 36.6 Å². The molecule has 15 nitrogen and oxygen atoms in total. The maximum atomic E-state index is 13.1. The zero-order chi connectivity index (χ0) is 48.7. The van der Waals surface area contributed by atoms with Crippen molar-refractivity contribution >= 4 is 11.9 Å². The minimum atomic E-state index is -1.60. The molecule has 0 amide bonds. The van der Waals surface area contributed by atoms with Crippen LogP contribution < -0.4 is 0 Å². The summed E-state index contributed by atoms with van der Waals surface area (Å²) in [5.41, 5.74) is 0.922. The number of aliphatic hydroxyl groups excluding tert-OH is 5. The van der Waals surface area contributed by atoms with Gasteiger partial charge in [0, 0.05) is 37.2 Å². The van der Waals surface area contributed by atoms with Gasteiger partial charge in [-0.15, -0.1) is 0 Å². The fourth-order valence-corrected chi connectivity index (χ4v) is 9.84. The van der Waals surface area contributed by atoms with Gasteiger partial charge in [-0.25, -0.2) is 4.79 Å². The Morgan fingerprint density at radius 1 is 0.750 bits per heavy atom. The van der Waals surface area contributed by atoms with E-state index in [-0.39, 0.29) is 60.8 Å². The van der Waals surface area contributed by atoms with Crippen LogP contribution in [-0.2, 0) is 42.7 Å². The quantitative estimate of drug-likeness (QED) is 0.0886. The second kappa shape index (κ2) is 26.6. The number of carboxylic acid groups (broad SMARTS) is 1. The molecule has 0 spiro atoms. The van der Waals surface area contributed by atoms with Gasteiger partial charge in [-0.2, -0.15) is 0 Å². The zero-order valence-electron chi connectivity index (χ0n) is 40.0. The Hall–Kier alpha value is -3.58. The Morgan fingerprint density at radius 2 is 1.53 bits per heavy atom. The fourth-order valence-electron chi connectivity index (χ4n) is 9.84. The van der Waals surface area contributed by atoms with E-state index in [1.165, 1.54) is 6.08 Å². The number of unbranched alkanes of at least 4 members (excludes halogenated alkanes) is 1. The number of allylic oxidation sites excluding steroid dienone is 7. The molecular formula is C53H76O15. The van der Waals surface area contributed by atoms with Crippen LogP contribution in [0.3, 0.4) is 0 Å². The van der Waals surface area contributed by atoms with Crippen LogP contribution in [0.25, 0.3) is 0 Å². The lowest BCUT2D eigenvalue weighted by atomic mass is 9.86. The molecule has 6 N–H and O–H groups in total. The topological polar surface area (TPSA) is 220 Å². The Balaban J connectivity index is 1.20. The molecule has 0 saturated carbocycles. The number of aliphatic carboxylic acids is 1. The summed E-state index contributed by atoms with van der Waals surface area (Å²) in [5.74, 6) is -1.18. The molecule has 19 atom stereocenters. The highest BCUT2D eigenvalue weighted by atomic mass is 16.7. The van der Waals surface area contributed by atoms with E-state index in [4.69, 9.17) is 38.3 Å². The first-order valence-corrected chi connectivity index (χ1v) is 24.7. The van der Waals surface area contributed by atoms with Gasteiger partial charge in [0.25, 0.3) is 0 Å². The van der Waals surface area contributed by atoms with E-state index in [2.05, 4.69) is 38.2 Å². The lowest BCUT2D eigenvalue weighted by molar-refractivity contribution is -0.309. The average molecular weight is 953 g/mol. The van der Waals surface area contributed by atoms with Crippen molar-refractivity contribution < 1.29 is 73.4 Å². The number of carbonyl (C=O) groups excluding carboxylic acids is 1. The van der Waals surface area contributed by atoms with E-state index >= 15 is 0 Å².